The number of rotatable bonds is 4. The number of hydrogen-bond acceptors (Lipinski definition) is 2. The molecule has 0 radical (unpaired) electrons. The molecule has 1 atom stereocenters. The predicted octanol–water partition coefficient (Wildman–Crippen LogP) is 3.53. The Morgan fingerprint density at radius 1 is 1.56 bits per heavy atom. The summed E-state index contributed by atoms with van der Waals surface area (Å²) in [6, 6.07) is 3.67. The van der Waals surface area contributed by atoms with Gasteiger partial charge in [-0.1, -0.05) is 15.9 Å². The number of nitrogens with one attached hydrogen (secondary N) is 1. The first-order valence-electron chi connectivity index (χ1n) is 5.43. The van der Waals surface area contributed by atoms with Crippen molar-refractivity contribution in [2.45, 2.75) is 18.9 Å². The van der Waals surface area contributed by atoms with Crippen LogP contribution in [-0.4, -0.2) is 18.6 Å². The number of hydrogen-bond donors (Lipinski definition) is 1. The molecule has 2 rings (SSSR count). The molecule has 0 amide bonds. The van der Waals surface area contributed by atoms with Crippen molar-refractivity contribution in [2.24, 2.45) is 0 Å². The number of benzene rings is 1. The quantitative estimate of drug-likeness (QED) is 0.854. The average Bonchev–Trinajstić information content (AvgIpc) is 2.69. The van der Waals surface area contributed by atoms with E-state index in [0.717, 1.165) is 40.7 Å². The van der Waals surface area contributed by atoms with Gasteiger partial charge in [-0.3, -0.25) is 0 Å². The minimum absolute atomic E-state index is 0.0626. The molecule has 4 heteroatoms. The first-order valence-corrected chi connectivity index (χ1v) is 7.62. The molecular weight excluding hydrogens is 289 g/mol. The molecule has 0 heterocycles. The summed E-state index contributed by atoms with van der Waals surface area (Å²) in [6.45, 7) is 0.980. The zero-order valence-electron chi connectivity index (χ0n) is 9.22. The van der Waals surface area contributed by atoms with Crippen LogP contribution in [0.5, 0.6) is 0 Å². The summed E-state index contributed by atoms with van der Waals surface area (Å²) >= 11 is 5.34. The van der Waals surface area contributed by atoms with Crippen LogP contribution in [0.25, 0.3) is 0 Å². The highest BCUT2D eigenvalue weighted by molar-refractivity contribution is 9.10. The zero-order valence-corrected chi connectivity index (χ0v) is 11.6. The summed E-state index contributed by atoms with van der Waals surface area (Å²) in [5.74, 6) is 1.03. The van der Waals surface area contributed by atoms with E-state index in [-0.39, 0.29) is 5.82 Å². The van der Waals surface area contributed by atoms with Crippen molar-refractivity contribution in [3.05, 3.63) is 33.5 Å². The molecule has 1 aliphatic rings. The molecule has 1 unspecified atom stereocenters. The van der Waals surface area contributed by atoms with Crippen molar-refractivity contribution in [3.63, 3.8) is 0 Å². The fourth-order valence-corrected chi connectivity index (χ4v) is 3.18. The van der Waals surface area contributed by atoms with E-state index in [1.165, 1.54) is 0 Å². The van der Waals surface area contributed by atoms with Gasteiger partial charge in [-0.05, 0) is 42.4 Å². The monoisotopic (exact) mass is 303 g/mol. The minimum atomic E-state index is -0.0626. The predicted molar refractivity (Wildman–Crippen MR) is 71.5 cm³/mol. The molecule has 1 aliphatic carbocycles. The van der Waals surface area contributed by atoms with E-state index in [1.54, 1.807) is 6.07 Å². The summed E-state index contributed by atoms with van der Waals surface area (Å²) in [7, 11) is 0. The van der Waals surface area contributed by atoms with Gasteiger partial charge in [-0.25, -0.2) is 4.39 Å². The van der Waals surface area contributed by atoms with Crippen molar-refractivity contribution < 1.29 is 4.39 Å². The van der Waals surface area contributed by atoms with Crippen molar-refractivity contribution >= 4 is 27.7 Å². The summed E-state index contributed by atoms with van der Waals surface area (Å²) in [6.07, 6.45) is 3.95. The smallest absolute Gasteiger partial charge is 0.126 e. The van der Waals surface area contributed by atoms with Crippen molar-refractivity contribution in [3.8, 4) is 0 Å². The molecule has 16 heavy (non-hydrogen) atoms. The minimum Gasteiger partial charge on any atom is -0.309 e. The van der Waals surface area contributed by atoms with E-state index in [4.69, 9.17) is 0 Å². The van der Waals surface area contributed by atoms with Crippen LogP contribution in [0.3, 0.4) is 0 Å². The van der Waals surface area contributed by atoms with Gasteiger partial charge in [0.2, 0.25) is 0 Å². The van der Waals surface area contributed by atoms with Crippen LogP contribution in [0, 0.1) is 5.82 Å². The van der Waals surface area contributed by atoms with E-state index >= 15 is 0 Å². The van der Waals surface area contributed by atoms with E-state index in [2.05, 4.69) is 27.5 Å². The van der Waals surface area contributed by atoms with Gasteiger partial charge in [0.15, 0.2) is 0 Å². The second-order valence-corrected chi connectivity index (χ2v) is 5.80. The maximum Gasteiger partial charge on any atom is 0.126 e. The summed E-state index contributed by atoms with van der Waals surface area (Å²) in [5, 5.41) is 3.49. The van der Waals surface area contributed by atoms with Crippen LogP contribution in [0.15, 0.2) is 16.6 Å². The molecule has 0 fully saturated rings. The average molecular weight is 304 g/mol. The Labute approximate surface area is 108 Å². The van der Waals surface area contributed by atoms with Crippen LogP contribution >= 0.6 is 27.7 Å². The molecule has 1 aromatic carbocycles. The SMILES string of the molecule is CSCCNC1CCc2c(F)ccc(Br)c21. The third-order valence-corrected chi connectivity index (χ3v) is 4.28. The van der Waals surface area contributed by atoms with Crippen LogP contribution in [-0.2, 0) is 6.42 Å². The zero-order chi connectivity index (χ0) is 11.5. The Bertz CT molecular complexity index is 384. The van der Waals surface area contributed by atoms with Gasteiger partial charge < -0.3 is 5.32 Å². The van der Waals surface area contributed by atoms with E-state index < -0.39 is 0 Å². The highest BCUT2D eigenvalue weighted by atomic mass is 79.9. The number of fused-ring (bicyclic) bond motifs is 1. The normalized spacial score (nSPS) is 18.8. The highest BCUT2D eigenvalue weighted by Gasteiger charge is 2.26. The van der Waals surface area contributed by atoms with Gasteiger partial charge in [0, 0.05) is 22.8 Å². The highest BCUT2D eigenvalue weighted by Crippen LogP contribution is 2.37. The second kappa shape index (κ2) is 5.52. The lowest BCUT2D eigenvalue weighted by Gasteiger charge is -2.15. The summed E-state index contributed by atoms with van der Waals surface area (Å²) < 4.78 is 14.6. The first kappa shape index (κ1) is 12.4. The lowest BCUT2D eigenvalue weighted by atomic mass is 10.1. The van der Waals surface area contributed by atoms with Gasteiger partial charge >= 0.3 is 0 Å². The van der Waals surface area contributed by atoms with Gasteiger partial charge in [-0.15, -0.1) is 0 Å². The molecule has 1 N–H and O–H groups in total. The molecule has 0 spiro atoms. The Balaban J connectivity index is 2.15. The number of halogens is 2. The van der Waals surface area contributed by atoms with Crippen molar-refractivity contribution in [1.82, 2.24) is 5.32 Å². The fourth-order valence-electron chi connectivity index (χ4n) is 2.21. The summed E-state index contributed by atoms with van der Waals surface area (Å²) in [4.78, 5) is 0. The lowest BCUT2D eigenvalue weighted by molar-refractivity contribution is 0.550. The first-order chi connectivity index (χ1) is 7.74. The van der Waals surface area contributed by atoms with Gasteiger partial charge in [0.1, 0.15) is 5.82 Å². The van der Waals surface area contributed by atoms with Crippen LogP contribution in [0.2, 0.25) is 0 Å². The van der Waals surface area contributed by atoms with Crippen LogP contribution in [0.1, 0.15) is 23.6 Å². The molecule has 1 aromatic rings. The Kier molecular flexibility index (Phi) is 4.27. The van der Waals surface area contributed by atoms with Gasteiger partial charge in [0.25, 0.3) is 0 Å². The lowest BCUT2D eigenvalue weighted by Crippen LogP contribution is -2.22. The topological polar surface area (TPSA) is 12.0 Å². The Morgan fingerprint density at radius 3 is 3.12 bits per heavy atom. The Morgan fingerprint density at radius 2 is 2.38 bits per heavy atom. The van der Waals surface area contributed by atoms with Crippen LogP contribution in [0.4, 0.5) is 4.39 Å². The molecule has 0 aliphatic heterocycles. The van der Waals surface area contributed by atoms with Gasteiger partial charge in [-0.2, -0.15) is 11.8 Å². The molecule has 0 bridgehead atoms. The second-order valence-electron chi connectivity index (χ2n) is 3.96. The molecule has 1 nitrogen and oxygen atoms in total. The third kappa shape index (κ3) is 2.44. The van der Waals surface area contributed by atoms with Crippen molar-refractivity contribution in [2.75, 3.05) is 18.6 Å². The van der Waals surface area contributed by atoms with Crippen LogP contribution < -0.4 is 5.32 Å². The molecule has 0 saturated heterocycles. The Hall–Kier alpha value is -0.0600. The molecular formula is C12H15BrFNS. The summed E-state index contributed by atoms with van der Waals surface area (Å²) in [5.41, 5.74) is 2.01. The van der Waals surface area contributed by atoms with E-state index in [0.29, 0.717) is 6.04 Å². The largest absolute Gasteiger partial charge is 0.309 e. The number of thioether (sulfide) groups is 1. The molecule has 88 valence electrons. The third-order valence-electron chi connectivity index (χ3n) is 2.98. The van der Waals surface area contributed by atoms with Gasteiger partial charge in [0.05, 0.1) is 0 Å². The van der Waals surface area contributed by atoms with Crippen molar-refractivity contribution in [1.29, 1.82) is 0 Å². The molecule has 0 saturated carbocycles. The molecule has 0 aromatic heterocycles. The van der Waals surface area contributed by atoms with E-state index in [1.807, 2.05) is 17.8 Å². The fraction of sp³-hybridized carbons (Fsp3) is 0.500. The maximum absolute atomic E-state index is 13.6. The maximum atomic E-state index is 13.6. The van der Waals surface area contributed by atoms with E-state index in [9.17, 15) is 4.39 Å². The standard InChI is InChI=1S/C12H15BrFNS/c1-16-7-6-15-11-5-2-8-10(14)4-3-9(13)12(8)11/h3-4,11,15H,2,5-7H2,1H3.